The first kappa shape index (κ1) is 23.7. The van der Waals surface area contributed by atoms with Crippen molar-refractivity contribution in [2.75, 3.05) is 7.11 Å². The van der Waals surface area contributed by atoms with Gasteiger partial charge < -0.3 is 9.47 Å². The zero-order valence-electron chi connectivity index (χ0n) is 16.4. The molecular weight excluding hydrogens is 529 g/mol. The van der Waals surface area contributed by atoms with Crippen molar-refractivity contribution >= 4 is 74.1 Å². The molecule has 0 saturated carbocycles. The number of methoxy groups -OCH3 is 1. The van der Waals surface area contributed by atoms with Gasteiger partial charge >= 0.3 is 5.97 Å². The Morgan fingerprint density at radius 3 is 2.61 bits per heavy atom. The number of carbonyl (C=O) groups excluding carboxylic acids is 3. The number of hydrogen-bond acceptors (Lipinski definition) is 6. The van der Waals surface area contributed by atoms with Gasteiger partial charge in [0.25, 0.3) is 11.1 Å². The normalized spacial score (nSPS) is 16.0. The SMILES string of the molecule is COC(=O)[C@H](C)N1C(=O)S/C(=C/c2cc(Br)ccc2OCc2ccc(Cl)c(Cl)c2)C1=O. The Labute approximate surface area is 201 Å². The van der Waals surface area contributed by atoms with Crippen LogP contribution in [0.1, 0.15) is 18.1 Å². The molecule has 1 heterocycles. The molecule has 162 valence electrons. The maximum absolute atomic E-state index is 12.8. The van der Waals surface area contributed by atoms with E-state index < -0.39 is 23.2 Å². The summed E-state index contributed by atoms with van der Waals surface area (Å²) in [7, 11) is 1.20. The predicted octanol–water partition coefficient (Wildman–Crippen LogP) is 5.93. The lowest BCUT2D eigenvalue weighted by Crippen LogP contribution is -2.42. The van der Waals surface area contributed by atoms with E-state index in [1.54, 1.807) is 42.5 Å². The molecule has 1 atom stereocenters. The van der Waals surface area contributed by atoms with Gasteiger partial charge in [0.1, 0.15) is 18.4 Å². The fourth-order valence-corrected chi connectivity index (χ4v) is 4.38. The third-order valence-corrected chi connectivity index (χ3v) is 6.51. The minimum atomic E-state index is -1.02. The van der Waals surface area contributed by atoms with Gasteiger partial charge in [0.15, 0.2) is 0 Å². The van der Waals surface area contributed by atoms with E-state index in [0.29, 0.717) is 21.4 Å². The molecule has 1 saturated heterocycles. The molecule has 3 rings (SSSR count). The Balaban J connectivity index is 1.85. The molecule has 31 heavy (non-hydrogen) atoms. The highest BCUT2D eigenvalue weighted by Gasteiger charge is 2.41. The molecule has 10 heteroatoms. The molecule has 0 bridgehead atoms. The van der Waals surface area contributed by atoms with E-state index in [9.17, 15) is 14.4 Å². The van der Waals surface area contributed by atoms with Gasteiger partial charge in [-0.25, -0.2) is 4.79 Å². The second-order valence-electron chi connectivity index (χ2n) is 6.47. The summed E-state index contributed by atoms with van der Waals surface area (Å²) in [6, 6.07) is 9.48. The Bertz CT molecular complexity index is 1090. The van der Waals surface area contributed by atoms with Crippen molar-refractivity contribution in [3.63, 3.8) is 0 Å². The van der Waals surface area contributed by atoms with Crippen LogP contribution in [0.5, 0.6) is 5.75 Å². The van der Waals surface area contributed by atoms with Crippen molar-refractivity contribution < 1.29 is 23.9 Å². The molecule has 0 N–H and O–H groups in total. The van der Waals surface area contributed by atoms with Crippen LogP contribution in [0.25, 0.3) is 6.08 Å². The van der Waals surface area contributed by atoms with Crippen LogP contribution in [-0.4, -0.2) is 35.2 Å². The number of esters is 1. The molecule has 0 aliphatic carbocycles. The lowest BCUT2D eigenvalue weighted by molar-refractivity contribution is -0.148. The van der Waals surface area contributed by atoms with Gasteiger partial charge in [-0.2, -0.15) is 0 Å². The van der Waals surface area contributed by atoms with E-state index in [1.165, 1.54) is 14.0 Å². The van der Waals surface area contributed by atoms with Crippen molar-refractivity contribution in [1.29, 1.82) is 0 Å². The van der Waals surface area contributed by atoms with Crippen LogP contribution < -0.4 is 4.74 Å². The molecule has 1 aliphatic heterocycles. The smallest absolute Gasteiger partial charge is 0.328 e. The van der Waals surface area contributed by atoms with E-state index in [2.05, 4.69) is 20.7 Å². The Kier molecular flexibility index (Phi) is 7.69. The summed E-state index contributed by atoms with van der Waals surface area (Å²) in [6.45, 7) is 1.66. The van der Waals surface area contributed by atoms with E-state index in [0.717, 1.165) is 26.7 Å². The molecule has 1 fully saturated rings. The molecule has 0 radical (unpaired) electrons. The maximum Gasteiger partial charge on any atom is 0.328 e. The maximum atomic E-state index is 12.8. The van der Waals surface area contributed by atoms with Crippen molar-refractivity contribution in [2.24, 2.45) is 0 Å². The highest BCUT2D eigenvalue weighted by molar-refractivity contribution is 9.10. The van der Waals surface area contributed by atoms with Gasteiger partial charge in [0, 0.05) is 10.0 Å². The van der Waals surface area contributed by atoms with Crippen LogP contribution in [0, 0.1) is 0 Å². The number of ether oxygens (including phenoxy) is 2. The predicted molar refractivity (Wildman–Crippen MR) is 124 cm³/mol. The van der Waals surface area contributed by atoms with E-state index in [-0.39, 0.29) is 11.5 Å². The largest absolute Gasteiger partial charge is 0.488 e. The first-order valence-electron chi connectivity index (χ1n) is 8.92. The quantitative estimate of drug-likeness (QED) is 0.331. The fourth-order valence-electron chi connectivity index (χ4n) is 2.78. The zero-order chi connectivity index (χ0) is 22.7. The van der Waals surface area contributed by atoms with Crippen LogP contribution in [0.4, 0.5) is 4.79 Å². The van der Waals surface area contributed by atoms with Crippen LogP contribution in [0.3, 0.4) is 0 Å². The van der Waals surface area contributed by atoms with Gasteiger partial charge in [0.05, 0.1) is 22.1 Å². The highest BCUT2D eigenvalue weighted by atomic mass is 79.9. The molecule has 0 unspecified atom stereocenters. The molecule has 1 aliphatic rings. The molecular formula is C21H16BrCl2NO5S. The number of carbonyl (C=O) groups is 3. The number of benzene rings is 2. The topological polar surface area (TPSA) is 72.9 Å². The number of hydrogen-bond donors (Lipinski definition) is 0. The summed E-state index contributed by atoms with van der Waals surface area (Å²) >= 11 is 16.1. The molecule has 2 aromatic carbocycles. The van der Waals surface area contributed by atoms with Crippen molar-refractivity contribution in [1.82, 2.24) is 4.90 Å². The lowest BCUT2D eigenvalue weighted by Gasteiger charge is -2.18. The first-order chi connectivity index (χ1) is 14.7. The van der Waals surface area contributed by atoms with Crippen LogP contribution in [-0.2, 0) is 20.9 Å². The van der Waals surface area contributed by atoms with Crippen molar-refractivity contribution in [3.05, 3.63) is 66.9 Å². The van der Waals surface area contributed by atoms with Gasteiger partial charge in [0.2, 0.25) is 0 Å². The fraction of sp³-hybridized carbons (Fsp3) is 0.190. The molecule has 0 spiro atoms. The first-order valence-corrected chi connectivity index (χ1v) is 11.3. The van der Waals surface area contributed by atoms with Crippen molar-refractivity contribution in [3.8, 4) is 5.75 Å². The van der Waals surface area contributed by atoms with Gasteiger partial charge in [-0.3, -0.25) is 14.5 Å². The van der Waals surface area contributed by atoms with Gasteiger partial charge in [-0.05, 0) is 60.7 Å². The lowest BCUT2D eigenvalue weighted by atomic mass is 10.1. The second-order valence-corrected chi connectivity index (χ2v) is 9.19. The molecule has 0 aromatic heterocycles. The van der Waals surface area contributed by atoms with E-state index >= 15 is 0 Å². The molecule has 2 amide bonds. The van der Waals surface area contributed by atoms with Gasteiger partial charge in [-0.15, -0.1) is 0 Å². The summed E-state index contributed by atoms with van der Waals surface area (Å²) in [5.41, 5.74) is 1.40. The monoisotopic (exact) mass is 543 g/mol. The number of nitrogens with zero attached hydrogens (tertiary/aromatic N) is 1. The third-order valence-electron chi connectivity index (χ3n) is 4.39. The second kappa shape index (κ2) is 10.1. The Morgan fingerprint density at radius 1 is 1.19 bits per heavy atom. The number of imide groups is 1. The summed E-state index contributed by atoms with van der Waals surface area (Å²) < 4.78 is 11.3. The number of rotatable bonds is 6. The average molecular weight is 545 g/mol. The highest BCUT2D eigenvalue weighted by Crippen LogP contribution is 2.36. The van der Waals surface area contributed by atoms with Crippen LogP contribution in [0.15, 0.2) is 45.8 Å². The number of thioether (sulfide) groups is 1. The summed E-state index contributed by atoms with van der Waals surface area (Å²) in [5, 5.41) is 0.335. The van der Waals surface area contributed by atoms with E-state index in [1.807, 2.05) is 0 Å². The molecule has 6 nitrogen and oxygen atoms in total. The number of amides is 2. The summed E-state index contributed by atoms with van der Waals surface area (Å²) in [6.07, 6.45) is 1.56. The summed E-state index contributed by atoms with van der Waals surface area (Å²) in [5.74, 6) is -0.734. The van der Waals surface area contributed by atoms with Crippen LogP contribution >= 0.6 is 50.9 Å². The third kappa shape index (κ3) is 5.44. The van der Waals surface area contributed by atoms with E-state index in [4.69, 9.17) is 27.9 Å². The molecule has 2 aromatic rings. The van der Waals surface area contributed by atoms with Crippen molar-refractivity contribution in [2.45, 2.75) is 19.6 Å². The van der Waals surface area contributed by atoms with Crippen LogP contribution in [0.2, 0.25) is 10.0 Å². The minimum absolute atomic E-state index is 0.179. The standard InChI is InChI=1S/C21H16BrCl2NO5S/c1-11(20(27)29-2)25-19(26)18(31-21(25)28)9-13-8-14(22)4-6-17(13)30-10-12-3-5-15(23)16(24)7-12/h3-9,11H,10H2,1-2H3/b18-9+/t11-/m0/s1. The minimum Gasteiger partial charge on any atom is -0.488 e. The Morgan fingerprint density at radius 2 is 1.94 bits per heavy atom. The number of halogens is 3. The zero-order valence-corrected chi connectivity index (χ0v) is 20.3. The van der Waals surface area contributed by atoms with Gasteiger partial charge in [-0.1, -0.05) is 45.2 Å². The summed E-state index contributed by atoms with van der Waals surface area (Å²) in [4.78, 5) is 37.9. The average Bonchev–Trinajstić information content (AvgIpc) is 3.01. The Hall–Kier alpha value is -2.00.